The summed E-state index contributed by atoms with van der Waals surface area (Å²) in [5.41, 5.74) is 2.47. The van der Waals surface area contributed by atoms with E-state index in [1.807, 2.05) is 4.90 Å². The first-order valence-electron chi connectivity index (χ1n) is 7.03. The zero-order valence-electron chi connectivity index (χ0n) is 11.8. The van der Waals surface area contributed by atoms with Gasteiger partial charge in [-0.15, -0.1) is 0 Å². The van der Waals surface area contributed by atoms with Crippen LogP contribution in [0.1, 0.15) is 26.2 Å². The molecule has 1 fully saturated rings. The SMILES string of the molecule is CC1CCN(C(=O)CCOc2cccnc2NN)CC1. The first-order valence-corrected chi connectivity index (χ1v) is 7.03. The third-order valence-corrected chi connectivity index (χ3v) is 3.62. The predicted molar refractivity (Wildman–Crippen MR) is 77.1 cm³/mol. The third-order valence-electron chi connectivity index (χ3n) is 3.62. The van der Waals surface area contributed by atoms with E-state index in [1.165, 1.54) is 0 Å². The van der Waals surface area contributed by atoms with Crippen molar-refractivity contribution in [2.45, 2.75) is 26.2 Å². The molecular weight excluding hydrogens is 256 g/mol. The molecule has 0 unspecified atom stereocenters. The Balaban J connectivity index is 1.76. The topological polar surface area (TPSA) is 80.5 Å². The molecule has 2 heterocycles. The standard InChI is InChI=1S/C14H22N4O2/c1-11-4-8-18(9-5-11)13(19)6-10-20-12-3-2-7-16-14(12)17-15/h2-3,7,11H,4-6,8-10,15H2,1H3,(H,16,17). The molecular formula is C14H22N4O2. The Labute approximate surface area is 119 Å². The number of carbonyl (C=O) groups is 1. The van der Waals surface area contributed by atoms with Gasteiger partial charge in [-0.05, 0) is 30.9 Å². The van der Waals surface area contributed by atoms with E-state index >= 15 is 0 Å². The summed E-state index contributed by atoms with van der Waals surface area (Å²) in [5.74, 6) is 7.27. The van der Waals surface area contributed by atoms with Crippen LogP contribution in [0.5, 0.6) is 5.75 Å². The van der Waals surface area contributed by atoms with E-state index < -0.39 is 0 Å². The molecule has 1 aliphatic heterocycles. The zero-order valence-corrected chi connectivity index (χ0v) is 11.8. The van der Waals surface area contributed by atoms with Crippen LogP contribution in [0.2, 0.25) is 0 Å². The maximum Gasteiger partial charge on any atom is 0.225 e. The first-order chi connectivity index (χ1) is 9.70. The molecule has 1 aliphatic rings. The number of carbonyl (C=O) groups excluding carboxylic acids is 1. The highest BCUT2D eigenvalue weighted by atomic mass is 16.5. The lowest BCUT2D eigenvalue weighted by atomic mass is 9.99. The van der Waals surface area contributed by atoms with Crippen LogP contribution < -0.4 is 16.0 Å². The Hall–Kier alpha value is -1.82. The second kappa shape index (κ2) is 7.09. The minimum atomic E-state index is 0.156. The van der Waals surface area contributed by atoms with Crippen molar-refractivity contribution in [2.75, 3.05) is 25.1 Å². The van der Waals surface area contributed by atoms with Crippen LogP contribution in [0.4, 0.5) is 5.82 Å². The molecule has 110 valence electrons. The quantitative estimate of drug-likeness (QED) is 0.628. The van der Waals surface area contributed by atoms with Crippen LogP contribution in [0, 0.1) is 5.92 Å². The summed E-state index contributed by atoms with van der Waals surface area (Å²) in [5, 5.41) is 0. The highest BCUT2D eigenvalue weighted by molar-refractivity contribution is 5.76. The van der Waals surface area contributed by atoms with E-state index in [1.54, 1.807) is 18.3 Å². The Bertz CT molecular complexity index is 445. The molecule has 6 heteroatoms. The molecule has 0 atom stereocenters. The van der Waals surface area contributed by atoms with Crippen LogP contribution in [-0.2, 0) is 4.79 Å². The minimum absolute atomic E-state index is 0.156. The number of rotatable bonds is 5. The fourth-order valence-corrected chi connectivity index (χ4v) is 2.28. The number of pyridine rings is 1. The molecule has 2 rings (SSSR count). The van der Waals surface area contributed by atoms with Crippen LogP contribution in [0.3, 0.4) is 0 Å². The van der Waals surface area contributed by atoms with E-state index in [0.717, 1.165) is 31.8 Å². The van der Waals surface area contributed by atoms with Crippen LogP contribution in [0.25, 0.3) is 0 Å². The predicted octanol–water partition coefficient (Wildman–Crippen LogP) is 1.39. The van der Waals surface area contributed by atoms with Gasteiger partial charge < -0.3 is 15.1 Å². The Kier molecular flexibility index (Phi) is 5.17. The van der Waals surface area contributed by atoms with Gasteiger partial charge in [0.1, 0.15) is 0 Å². The number of likely N-dealkylation sites (tertiary alicyclic amines) is 1. The molecule has 6 nitrogen and oxygen atoms in total. The molecule has 0 spiro atoms. The average Bonchev–Trinajstić information content (AvgIpc) is 2.48. The van der Waals surface area contributed by atoms with E-state index in [2.05, 4.69) is 17.3 Å². The zero-order chi connectivity index (χ0) is 14.4. The van der Waals surface area contributed by atoms with Gasteiger partial charge in [0.2, 0.25) is 5.91 Å². The summed E-state index contributed by atoms with van der Waals surface area (Å²) >= 11 is 0. The molecule has 1 saturated heterocycles. The van der Waals surface area contributed by atoms with Gasteiger partial charge in [0.25, 0.3) is 0 Å². The van der Waals surface area contributed by atoms with Crippen molar-refractivity contribution in [1.29, 1.82) is 0 Å². The fourth-order valence-electron chi connectivity index (χ4n) is 2.28. The number of hydrogen-bond donors (Lipinski definition) is 2. The second-order valence-electron chi connectivity index (χ2n) is 5.16. The maximum atomic E-state index is 12.0. The van der Waals surface area contributed by atoms with Crippen LogP contribution in [0.15, 0.2) is 18.3 Å². The molecule has 0 aromatic carbocycles. The fraction of sp³-hybridized carbons (Fsp3) is 0.571. The number of piperidine rings is 1. The average molecular weight is 278 g/mol. The summed E-state index contributed by atoms with van der Waals surface area (Å²) in [6, 6.07) is 3.54. The highest BCUT2D eigenvalue weighted by Gasteiger charge is 2.20. The van der Waals surface area contributed by atoms with Crippen molar-refractivity contribution < 1.29 is 9.53 Å². The molecule has 0 radical (unpaired) electrons. The normalized spacial score (nSPS) is 16.0. The van der Waals surface area contributed by atoms with E-state index in [4.69, 9.17) is 10.6 Å². The number of hydrazine groups is 1. The molecule has 3 N–H and O–H groups in total. The van der Waals surface area contributed by atoms with Crippen molar-refractivity contribution in [3.05, 3.63) is 18.3 Å². The number of ether oxygens (including phenoxy) is 1. The van der Waals surface area contributed by atoms with Gasteiger partial charge in [0.15, 0.2) is 11.6 Å². The first kappa shape index (κ1) is 14.6. The Morgan fingerprint density at radius 3 is 3.00 bits per heavy atom. The van der Waals surface area contributed by atoms with Gasteiger partial charge in [-0.1, -0.05) is 6.92 Å². The number of hydrogen-bond acceptors (Lipinski definition) is 5. The minimum Gasteiger partial charge on any atom is -0.489 e. The van der Waals surface area contributed by atoms with Crippen LogP contribution >= 0.6 is 0 Å². The largest absolute Gasteiger partial charge is 0.489 e. The van der Waals surface area contributed by atoms with Gasteiger partial charge in [-0.3, -0.25) is 4.79 Å². The van der Waals surface area contributed by atoms with Crippen molar-refractivity contribution in [1.82, 2.24) is 9.88 Å². The van der Waals surface area contributed by atoms with Crippen molar-refractivity contribution in [3.8, 4) is 5.75 Å². The molecule has 1 aromatic heterocycles. The van der Waals surface area contributed by atoms with Gasteiger partial charge in [0.05, 0.1) is 13.0 Å². The lowest BCUT2D eigenvalue weighted by Crippen LogP contribution is -2.38. The van der Waals surface area contributed by atoms with Crippen molar-refractivity contribution in [2.24, 2.45) is 11.8 Å². The Morgan fingerprint density at radius 2 is 2.30 bits per heavy atom. The monoisotopic (exact) mass is 278 g/mol. The Morgan fingerprint density at radius 1 is 1.55 bits per heavy atom. The summed E-state index contributed by atoms with van der Waals surface area (Å²) in [4.78, 5) is 18.0. The third kappa shape index (κ3) is 3.84. The molecule has 1 amide bonds. The maximum absolute atomic E-state index is 12.0. The number of nitrogens with one attached hydrogen (secondary N) is 1. The molecule has 1 aromatic rings. The lowest BCUT2D eigenvalue weighted by molar-refractivity contribution is -0.133. The lowest BCUT2D eigenvalue weighted by Gasteiger charge is -2.30. The van der Waals surface area contributed by atoms with Crippen LogP contribution in [-0.4, -0.2) is 35.5 Å². The summed E-state index contributed by atoms with van der Waals surface area (Å²) in [6.07, 6.45) is 4.20. The van der Waals surface area contributed by atoms with Crippen molar-refractivity contribution >= 4 is 11.7 Å². The summed E-state index contributed by atoms with van der Waals surface area (Å²) in [6.45, 7) is 4.30. The number of nitrogen functional groups attached to an aromatic ring is 1. The summed E-state index contributed by atoms with van der Waals surface area (Å²) in [7, 11) is 0. The smallest absolute Gasteiger partial charge is 0.225 e. The van der Waals surface area contributed by atoms with E-state index in [-0.39, 0.29) is 5.91 Å². The number of amides is 1. The number of nitrogens with zero attached hydrogens (tertiary/aromatic N) is 2. The van der Waals surface area contributed by atoms with Gasteiger partial charge in [-0.25, -0.2) is 10.8 Å². The van der Waals surface area contributed by atoms with E-state index in [0.29, 0.717) is 24.6 Å². The van der Waals surface area contributed by atoms with Gasteiger partial charge >= 0.3 is 0 Å². The molecule has 0 aliphatic carbocycles. The molecule has 0 saturated carbocycles. The summed E-state index contributed by atoms with van der Waals surface area (Å²) < 4.78 is 5.56. The number of anilines is 1. The number of aromatic nitrogens is 1. The van der Waals surface area contributed by atoms with Gasteiger partial charge in [0, 0.05) is 19.3 Å². The van der Waals surface area contributed by atoms with E-state index in [9.17, 15) is 4.79 Å². The van der Waals surface area contributed by atoms with Crippen molar-refractivity contribution in [3.63, 3.8) is 0 Å². The molecule has 20 heavy (non-hydrogen) atoms. The highest BCUT2D eigenvalue weighted by Crippen LogP contribution is 2.20. The molecule has 0 bridgehead atoms. The second-order valence-corrected chi connectivity index (χ2v) is 5.16. The number of nitrogens with two attached hydrogens (primary N) is 1. The van der Waals surface area contributed by atoms with Gasteiger partial charge in [-0.2, -0.15) is 0 Å².